The van der Waals surface area contributed by atoms with Crippen molar-refractivity contribution >= 4 is 17.7 Å². The smallest absolute Gasteiger partial charge is 0.233 e. The molecule has 1 fully saturated rings. The number of para-hydroxylation sites is 1. The molecule has 2 aliphatic rings. The molecule has 1 saturated carbocycles. The Kier molecular flexibility index (Phi) is 6.26. The summed E-state index contributed by atoms with van der Waals surface area (Å²) in [4.78, 5) is 14.9. The third-order valence-corrected chi connectivity index (χ3v) is 7.44. The van der Waals surface area contributed by atoms with Gasteiger partial charge in [0.05, 0.1) is 5.75 Å². The van der Waals surface area contributed by atoms with Gasteiger partial charge in [0.1, 0.15) is 0 Å². The molecule has 33 heavy (non-hydrogen) atoms. The molecule has 5 rings (SSSR count). The predicted molar refractivity (Wildman–Crippen MR) is 128 cm³/mol. The van der Waals surface area contributed by atoms with Crippen molar-refractivity contribution in [1.29, 1.82) is 0 Å². The fourth-order valence-corrected chi connectivity index (χ4v) is 5.33. The molecule has 1 aliphatic heterocycles. The number of carbonyl (C=O) groups is 1. The first kappa shape index (κ1) is 21.8. The van der Waals surface area contributed by atoms with Crippen molar-refractivity contribution in [3.63, 3.8) is 0 Å². The zero-order valence-electron chi connectivity index (χ0n) is 18.9. The van der Waals surface area contributed by atoms with Gasteiger partial charge in [0.2, 0.25) is 12.7 Å². The van der Waals surface area contributed by atoms with Gasteiger partial charge in [-0.2, -0.15) is 0 Å². The van der Waals surface area contributed by atoms with E-state index < -0.39 is 0 Å². The van der Waals surface area contributed by atoms with Gasteiger partial charge in [0.15, 0.2) is 22.5 Å². The molecule has 1 aromatic heterocycles. The minimum atomic E-state index is 0.131. The molecule has 2 aromatic carbocycles. The van der Waals surface area contributed by atoms with Gasteiger partial charge in [-0.15, -0.1) is 10.2 Å². The van der Waals surface area contributed by atoms with Crippen LogP contribution in [0.15, 0.2) is 53.7 Å². The summed E-state index contributed by atoms with van der Waals surface area (Å²) in [5.41, 5.74) is 1.82. The Hall–Kier alpha value is -3.00. The molecule has 1 aliphatic carbocycles. The van der Waals surface area contributed by atoms with E-state index in [0.717, 1.165) is 35.8 Å². The number of nitrogens with zero attached hydrogens (tertiary/aromatic N) is 4. The summed E-state index contributed by atoms with van der Waals surface area (Å²) in [5, 5.41) is 9.62. The molecule has 0 atom stereocenters. The van der Waals surface area contributed by atoms with Gasteiger partial charge in [-0.05, 0) is 61.9 Å². The normalized spacial score (nSPS) is 19.5. The van der Waals surface area contributed by atoms with Crippen LogP contribution in [0.2, 0.25) is 0 Å². The Morgan fingerprint density at radius 2 is 1.82 bits per heavy atom. The fraction of sp³-hybridized carbons (Fsp3) is 0.400. The number of hydrogen-bond donors (Lipinski definition) is 0. The number of ether oxygens (including phenoxy) is 2. The number of aromatic nitrogens is 3. The van der Waals surface area contributed by atoms with Crippen LogP contribution in [-0.4, -0.2) is 51.2 Å². The minimum absolute atomic E-state index is 0.131. The number of benzene rings is 2. The summed E-state index contributed by atoms with van der Waals surface area (Å²) < 4.78 is 13.0. The van der Waals surface area contributed by atoms with Crippen LogP contribution in [-0.2, 0) is 4.79 Å². The zero-order chi connectivity index (χ0) is 22.8. The van der Waals surface area contributed by atoms with Gasteiger partial charge >= 0.3 is 0 Å². The van der Waals surface area contributed by atoms with Crippen LogP contribution in [0.3, 0.4) is 0 Å². The number of thioether (sulfide) groups is 1. The van der Waals surface area contributed by atoms with Gasteiger partial charge in [-0.1, -0.05) is 36.9 Å². The first-order valence-corrected chi connectivity index (χ1v) is 12.4. The molecule has 7 nitrogen and oxygen atoms in total. The summed E-state index contributed by atoms with van der Waals surface area (Å²) >= 11 is 1.43. The maximum atomic E-state index is 13.0. The molecule has 0 bridgehead atoms. The Morgan fingerprint density at radius 1 is 1.06 bits per heavy atom. The average Bonchev–Trinajstić information content (AvgIpc) is 3.49. The minimum Gasteiger partial charge on any atom is -0.454 e. The number of fused-ring (bicyclic) bond motifs is 1. The monoisotopic (exact) mass is 464 g/mol. The highest BCUT2D eigenvalue weighted by atomic mass is 32.2. The van der Waals surface area contributed by atoms with Crippen molar-refractivity contribution in [2.24, 2.45) is 5.92 Å². The van der Waals surface area contributed by atoms with Crippen LogP contribution in [0.25, 0.3) is 17.1 Å². The Morgan fingerprint density at radius 3 is 2.61 bits per heavy atom. The first-order chi connectivity index (χ1) is 16.1. The Labute approximate surface area is 198 Å². The highest BCUT2D eigenvalue weighted by Crippen LogP contribution is 2.37. The van der Waals surface area contributed by atoms with E-state index in [9.17, 15) is 4.79 Å². The molecule has 172 valence electrons. The van der Waals surface area contributed by atoms with Gasteiger partial charge < -0.3 is 14.4 Å². The lowest BCUT2D eigenvalue weighted by Gasteiger charge is -2.33. The second-order valence-electron chi connectivity index (χ2n) is 8.75. The summed E-state index contributed by atoms with van der Waals surface area (Å²) in [6.07, 6.45) is 4.55. The number of carbonyl (C=O) groups excluding carboxylic acids is 1. The molecule has 0 spiro atoms. The van der Waals surface area contributed by atoms with Crippen LogP contribution in [0, 0.1) is 5.92 Å². The average molecular weight is 465 g/mol. The fourth-order valence-electron chi connectivity index (χ4n) is 4.46. The third kappa shape index (κ3) is 4.57. The van der Waals surface area contributed by atoms with Crippen LogP contribution in [0.5, 0.6) is 11.5 Å². The number of hydrogen-bond acceptors (Lipinski definition) is 6. The molecule has 0 N–H and O–H groups in total. The lowest BCUT2D eigenvalue weighted by Crippen LogP contribution is -2.40. The van der Waals surface area contributed by atoms with Crippen molar-refractivity contribution in [1.82, 2.24) is 19.7 Å². The van der Waals surface area contributed by atoms with Crippen LogP contribution < -0.4 is 9.47 Å². The van der Waals surface area contributed by atoms with E-state index in [2.05, 4.69) is 17.1 Å². The molecular weight excluding hydrogens is 436 g/mol. The highest BCUT2D eigenvalue weighted by molar-refractivity contribution is 7.99. The quantitative estimate of drug-likeness (QED) is 0.489. The Balaban J connectivity index is 1.38. The van der Waals surface area contributed by atoms with E-state index in [4.69, 9.17) is 9.47 Å². The van der Waals surface area contributed by atoms with Crippen molar-refractivity contribution in [3.8, 4) is 28.6 Å². The van der Waals surface area contributed by atoms with E-state index in [-0.39, 0.29) is 12.7 Å². The Bertz CT molecular complexity index is 1130. The van der Waals surface area contributed by atoms with Gasteiger partial charge in [-0.25, -0.2) is 0 Å². The molecular formula is C25H28N4O3S. The lowest BCUT2D eigenvalue weighted by molar-refractivity contribution is -0.129. The van der Waals surface area contributed by atoms with Crippen LogP contribution in [0.1, 0.15) is 32.6 Å². The second-order valence-corrected chi connectivity index (χ2v) is 9.69. The molecule has 0 unspecified atom stereocenters. The SMILES string of the molecule is CC1CCC(N(C)C(=O)CSc2nnc(-c3ccc4c(c3)OCO4)n2-c2ccccc2)CC1. The topological polar surface area (TPSA) is 69.5 Å². The van der Waals surface area contributed by atoms with E-state index in [1.165, 1.54) is 24.6 Å². The molecule has 8 heteroatoms. The largest absolute Gasteiger partial charge is 0.454 e. The molecule has 0 saturated heterocycles. The maximum absolute atomic E-state index is 13.0. The summed E-state index contributed by atoms with van der Waals surface area (Å²) in [7, 11) is 1.93. The zero-order valence-corrected chi connectivity index (χ0v) is 19.8. The molecule has 2 heterocycles. The van der Waals surface area contributed by atoms with Crippen molar-refractivity contribution < 1.29 is 14.3 Å². The summed E-state index contributed by atoms with van der Waals surface area (Å²) in [6, 6.07) is 16.1. The van der Waals surface area contributed by atoms with E-state index in [1.54, 1.807) is 0 Å². The lowest BCUT2D eigenvalue weighted by atomic mass is 9.87. The van der Waals surface area contributed by atoms with Gasteiger partial charge in [0, 0.05) is 24.3 Å². The van der Waals surface area contributed by atoms with Crippen molar-refractivity contribution in [2.75, 3.05) is 19.6 Å². The second kappa shape index (κ2) is 9.47. The molecule has 1 amide bonds. The maximum Gasteiger partial charge on any atom is 0.233 e. The standard InChI is InChI=1S/C25H28N4O3S/c1-17-8-11-19(12-9-17)28(2)23(30)15-33-25-27-26-24(29(25)20-6-4-3-5-7-20)18-10-13-21-22(14-18)32-16-31-21/h3-7,10,13-14,17,19H,8-9,11-12,15-16H2,1-2H3. The van der Waals surface area contributed by atoms with Gasteiger partial charge in [0.25, 0.3) is 0 Å². The summed E-state index contributed by atoms with van der Waals surface area (Å²) in [6.45, 7) is 2.52. The summed E-state index contributed by atoms with van der Waals surface area (Å²) in [5.74, 6) is 3.34. The predicted octanol–water partition coefficient (Wildman–Crippen LogP) is 4.79. The highest BCUT2D eigenvalue weighted by Gasteiger charge is 2.26. The van der Waals surface area contributed by atoms with E-state index in [1.807, 2.05) is 65.0 Å². The van der Waals surface area contributed by atoms with Crippen molar-refractivity contribution in [2.45, 2.75) is 43.8 Å². The van der Waals surface area contributed by atoms with Crippen molar-refractivity contribution in [3.05, 3.63) is 48.5 Å². The van der Waals surface area contributed by atoms with Crippen LogP contribution in [0.4, 0.5) is 0 Å². The van der Waals surface area contributed by atoms with E-state index >= 15 is 0 Å². The first-order valence-electron chi connectivity index (χ1n) is 11.4. The number of rotatable bonds is 6. The third-order valence-electron chi connectivity index (χ3n) is 6.53. The van der Waals surface area contributed by atoms with Crippen LogP contribution >= 0.6 is 11.8 Å². The number of amides is 1. The van der Waals surface area contributed by atoms with E-state index in [0.29, 0.717) is 28.5 Å². The molecule has 0 radical (unpaired) electrons. The molecule has 3 aromatic rings. The van der Waals surface area contributed by atoms with Gasteiger partial charge in [-0.3, -0.25) is 9.36 Å².